The van der Waals surface area contributed by atoms with E-state index in [9.17, 15) is 9.90 Å². The number of hydrogen-bond donors (Lipinski definition) is 1. The van der Waals surface area contributed by atoms with E-state index in [1.807, 2.05) is 24.3 Å². The molecule has 0 heterocycles. The van der Waals surface area contributed by atoms with Gasteiger partial charge in [-0.25, -0.2) is 4.79 Å². The Balaban J connectivity index is 2.82. The normalized spacial score (nSPS) is 12.4. The Morgan fingerprint density at radius 2 is 2.35 bits per heavy atom. The molecule has 1 N–H and O–H groups in total. The predicted molar refractivity (Wildman–Crippen MR) is 67.3 cm³/mol. The summed E-state index contributed by atoms with van der Waals surface area (Å²) in [7, 11) is 1.33. The Bertz CT molecular complexity index is 421. The summed E-state index contributed by atoms with van der Waals surface area (Å²) >= 11 is 0. The van der Waals surface area contributed by atoms with Gasteiger partial charge in [0.2, 0.25) is 0 Å². The molecular weight excluding hydrogens is 216 g/mol. The number of methoxy groups -OCH3 is 1. The fourth-order valence-corrected chi connectivity index (χ4v) is 1.40. The molecule has 1 atom stereocenters. The minimum Gasteiger partial charge on any atom is -0.466 e. The summed E-state index contributed by atoms with van der Waals surface area (Å²) in [6.07, 6.45) is 4.61. The molecule has 0 unspecified atom stereocenters. The number of esters is 1. The maximum atomic E-state index is 10.9. The molecule has 1 rings (SSSR count). The monoisotopic (exact) mass is 232 g/mol. The fraction of sp³-hybridized carbons (Fsp3) is 0.214. The van der Waals surface area contributed by atoms with Gasteiger partial charge in [0.05, 0.1) is 13.2 Å². The number of benzene rings is 1. The van der Waals surface area contributed by atoms with Crippen molar-refractivity contribution >= 4 is 12.0 Å². The van der Waals surface area contributed by atoms with Gasteiger partial charge in [0.15, 0.2) is 0 Å². The molecule has 1 aromatic rings. The highest BCUT2D eigenvalue weighted by Gasteiger charge is 2.04. The van der Waals surface area contributed by atoms with Gasteiger partial charge in [0, 0.05) is 6.08 Å². The summed E-state index contributed by atoms with van der Waals surface area (Å²) in [6.45, 7) is 3.58. The summed E-state index contributed by atoms with van der Waals surface area (Å²) in [4.78, 5) is 10.9. The summed E-state index contributed by atoms with van der Waals surface area (Å²) in [6, 6.07) is 7.35. The van der Waals surface area contributed by atoms with Gasteiger partial charge in [-0.3, -0.25) is 0 Å². The maximum absolute atomic E-state index is 10.9. The van der Waals surface area contributed by atoms with Crippen molar-refractivity contribution in [2.75, 3.05) is 7.11 Å². The van der Waals surface area contributed by atoms with E-state index in [2.05, 4.69) is 11.3 Å². The lowest BCUT2D eigenvalue weighted by molar-refractivity contribution is -0.134. The van der Waals surface area contributed by atoms with Crippen LogP contribution < -0.4 is 0 Å². The van der Waals surface area contributed by atoms with Crippen molar-refractivity contribution in [1.82, 2.24) is 0 Å². The van der Waals surface area contributed by atoms with E-state index in [1.54, 1.807) is 12.2 Å². The van der Waals surface area contributed by atoms with Crippen molar-refractivity contribution in [1.29, 1.82) is 0 Å². The van der Waals surface area contributed by atoms with Crippen LogP contribution in [0.15, 0.2) is 43.0 Å². The topological polar surface area (TPSA) is 46.5 Å². The summed E-state index contributed by atoms with van der Waals surface area (Å²) in [5, 5.41) is 9.78. The molecule has 3 heteroatoms. The number of aliphatic hydroxyl groups excluding tert-OH is 1. The van der Waals surface area contributed by atoms with Gasteiger partial charge in [0.1, 0.15) is 0 Å². The van der Waals surface area contributed by atoms with Gasteiger partial charge >= 0.3 is 5.97 Å². The molecule has 1 aromatic carbocycles. The molecule has 17 heavy (non-hydrogen) atoms. The van der Waals surface area contributed by atoms with Crippen LogP contribution in [0.2, 0.25) is 0 Å². The molecule has 0 amide bonds. The van der Waals surface area contributed by atoms with E-state index in [0.29, 0.717) is 6.42 Å². The first kappa shape index (κ1) is 13.2. The smallest absolute Gasteiger partial charge is 0.330 e. The van der Waals surface area contributed by atoms with Crippen molar-refractivity contribution in [2.24, 2.45) is 0 Å². The van der Waals surface area contributed by atoms with Crippen LogP contribution in [0.25, 0.3) is 6.08 Å². The average Bonchev–Trinajstić information content (AvgIpc) is 2.36. The van der Waals surface area contributed by atoms with Crippen molar-refractivity contribution < 1.29 is 14.6 Å². The van der Waals surface area contributed by atoms with Crippen LogP contribution in [0.1, 0.15) is 23.7 Å². The molecule has 0 saturated heterocycles. The molecule has 3 nitrogen and oxygen atoms in total. The van der Waals surface area contributed by atoms with Crippen LogP contribution in [0.5, 0.6) is 0 Å². The third-order valence-electron chi connectivity index (χ3n) is 2.30. The number of hydrogen-bond acceptors (Lipinski definition) is 3. The van der Waals surface area contributed by atoms with Gasteiger partial charge in [0.25, 0.3) is 0 Å². The first-order valence-electron chi connectivity index (χ1n) is 5.32. The number of rotatable bonds is 5. The second-order valence-corrected chi connectivity index (χ2v) is 3.57. The van der Waals surface area contributed by atoms with E-state index in [0.717, 1.165) is 11.1 Å². The number of carbonyl (C=O) groups excluding carboxylic acids is 1. The summed E-state index contributed by atoms with van der Waals surface area (Å²) < 4.78 is 4.50. The zero-order valence-electron chi connectivity index (χ0n) is 9.80. The predicted octanol–water partition coefficient (Wildman–Crippen LogP) is 2.48. The highest BCUT2D eigenvalue weighted by molar-refractivity contribution is 5.86. The number of aliphatic hydroxyl groups is 1. The molecule has 0 aliphatic carbocycles. The van der Waals surface area contributed by atoms with Gasteiger partial charge < -0.3 is 9.84 Å². The molecular formula is C14H16O3. The van der Waals surface area contributed by atoms with E-state index in [1.165, 1.54) is 13.2 Å². The Morgan fingerprint density at radius 1 is 1.59 bits per heavy atom. The van der Waals surface area contributed by atoms with Crippen molar-refractivity contribution in [3.63, 3.8) is 0 Å². The molecule has 0 spiro atoms. The molecule has 0 radical (unpaired) electrons. The molecule has 0 aliphatic rings. The Hall–Kier alpha value is -1.87. The second kappa shape index (κ2) is 6.66. The van der Waals surface area contributed by atoms with Crippen LogP contribution in [0.4, 0.5) is 0 Å². The quantitative estimate of drug-likeness (QED) is 0.482. The fourth-order valence-electron chi connectivity index (χ4n) is 1.40. The standard InChI is InChI=1S/C14H16O3/c1-3-5-13(15)12-7-4-6-11(10-12)8-9-14(16)17-2/h3-4,6-10,13,15H,1,5H2,2H3/b9-8+/t13-/m1/s1. The lowest BCUT2D eigenvalue weighted by Crippen LogP contribution is -1.96. The van der Waals surface area contributed by atoms with Crippen molar-refractivity contribution in [3.8, 4) is 0 Å². The van der Waals surface area contributed by atoms with Crippen molar-refractivity contribution in [2.45, 2.75) is 12.5 Å². The minimum absolute atomic E-state index is 0.401. The Morgan fingerprint density at radius 3 is 3.00 bits per heavy atom. The molecule has 90 valence electrons. The Labute approximate surface area is 101 Å². The highest BCUT2D eigenvalue weighted by Crippen LogP contribution is 2.18. The summed E-state index contributed by atoms with van der Waals surface area (Å²) in [5.74, 6) is -0.401. The van der Waals surface area contributed by atoms with Crippen LogP contribution in [-0.2, 0) is 9.53 Å². The van der Waals surface area contributed by atoms with Gasteiger partial charge in [-0.1, -0.05) is 24.3 Å². The van der Waals surface area contributed by atoms with Gasteiger partial charge in [-0.15, -0.1) is 6.58 Å². The van der Waals surface area contributed by atoms with E-state index < -0.39 is 12.1 Å². The molecule has 0 saturated carbocycles. The first-order valence-corrected chi connectivity index (χ1v) is 5.32. The zero-order valence-corrected chi connectivity index (χ0v) is 9.80. The second-order valence-electron chi connectivity index (χ2n) is 3.57. The third-order valence-corrected chi connectivity index (χ3v) is 2.30. The maximum Gasteiger partial charge on any atom is 0.330 e. The largest absolute Gasteiger partial charge is 0.466 e. The Kier molecular flexibility index (Phi) is 5.17. The van der Waals surface area contributed by atoms with Crippen molar-refractivity contribution in [3.05, 3.63) is 54.1 Å². The van der Waals surface area contributed by atoms with E-state index in [4.69, 9.17) is 0 Å². The zero-order chi connectivity index (χ0) is 12.7. The molecule has 0 aromatic heterocycles. The first-order chi connectivity index (χ1) is 8.17. The van der Waals surface area contributed by atoms with E-state index in [-0.39, 0.29) is 0 Å². The van der Waals surface area contributed by atoms with Crippen LogP contribution >= 0.6 is 0 Å². The van der Waals surface area contributed by atoms with Gasteiger partial charge in [-0.2, -0.15) is 0 Å². The van der Waals surface area contributed by atoms with E-state index >= 15 is 0 Å². The summed E-state index contributed by atoms with van der Waals surface area (Å²) in [5.41, 5.74) is 1.65. The molecule has 0 aliphatic heterocycles. The minimum atomic E-state index is -0.557. The number of ether oxygens (including phenoxy) is 1. The highest BCUT2D eigenvalue weighted by atomic mass is 16.5. The van der Waals surface area contributed by atoms with Crippen LogP contribution in [0, 0.1) is 0 Å². The average molecular weight is 232 g/mol. The third kappa shape index (κ3) is 4.25. The number of carbonyl (C=O) groups is 1. The van der Waals surface area contributed by atoms with Gasteiger partial charge in [-0.05, 0) is 29.7 Å². The lowest BCUT2D eigenvalue weighted by atomic mass is 10.0. The van der Waals surface area contributed by atoms with Crippen LogP contribution in [-0.4, -0.2) is 18.2 Å². The lowest BCUT2D eigenvalue weighted by Gasteiger charge is -2.08. The molecule has 0 fully saturated rings. The SMILES string of the molecule is C=CC[C@@H](O)c1cccc(/C=C/C(=O)OC)c1. The van der Waals surface area contributed by atoms with Crippen LogP contribution in [0.3, 0.4) is 0 Å². The molecule has 0 bridgehead atoms.